The number of nitrogens with one attached hydrogen (secondary N) is 2. The van der Waals surface area contributed by atoms with Crippen molar-refractivity contribution in [1.82, 2.24) is 15.5 Å². The third kappa shape index (κ3) is 5.29. The van der Waals surface area contributed by atoms with Crippen LogP contribution in [0.3, 0.4) is 0 Å². The number of aliphatic hydroxyl groups excluding tert-OH is 1. The van der Waals surface area contributed by atoms with Gasteiger partial charge in [0.05, 0.1) is 12.1 Å². The van der Waals surface area contributed by atoms with Crippen LogP contribution in [0, 0.1) is 5.92 Å². The van der Waals surface area contributed by atoms with Crippen LogP contribution in [-0.4, -0.2) is 53.0 Å². The summed E-state index contributed by atoms with van der Waals surface area (Å²) in [6.07, 6.45) is 1.67. The predicted molar refractivity (Wildman–Crippen MR) is 99.4 cm³/mol. The van der Waals surface area contributed by atoms with Gasteiger partial charge in [0.1, 0.15) is 0 Å². The van der Waals surface area contributed by atoms with Crippen molar-refractivity contribution in [3.63, 3.8) is 0 Å². The second-order valence-electron chi connectivity index (χ2n) is 7.35. The fraction of sp³-hybridized carbons (Fsp3) is 0.550. The molecule has 0 aromatic heterocycles. The number of carbonyl (C=O) groups excluding carboxylic acids is 3. The molecule has 1 aromatic rings. The van der Waals surface area contributed by atoms with Crippen molar-refractivity contribution < 1.29 is 19.5 Å². The minimum atomic E-state index is -0.727. The number of benzene rings is 1. The number of hydrogen-bond donors (Lipinski definition) is 3. The summed E-state index contributed by atoms with van der Waals surface area (Å²) < 4.78 is 0. The molecule has 1 saturated carbocycles. The minimum Gasteiger partial charge on any atom is -0.391 e. The average molecular weight is 373 g/mol. The number of amides is 3. The largest absolute Gasteiger partial charge is 0.391 e. The van der Waals surface area contributed by atoms with E-state index in [1.54, 1.807) is 4.90 Å². The lowest BCUT2D eigenvalue weighted by Gasteiger charge is -2.19. The number of carbonyl (C=O) groups is 3. The van der Waals surface area contributed by atoms with Crippen LogP contribution in [0.4, 0.5) is 0 Å². The van der Waals surface area contributed by atoms with Crippen LogP contribution in [0.15, 0.2) is 30.3 Å². The van der Waals surface area contributed by atoms with Gasteiger partial charge in [-0.2, -0.15) is 0 Å². The maximum atomic E-state index is 12.4. The Hall–Kier alpha value is -2.41. The molecule has 146 valence electrons. The zero-order valence-corrected chi connectivity index (χ0v) is 15.4. The average Bonchev–Trinajstić information content (AvgIpc) is 3.24. The Balaban J connectivity index is 1.41. The van der Waals surface area contributed by atoms with Crippen LogP contribution < -0.4 is 10.6 Å². The summed E-state index contributed by atoms with van der Waals surface area (Å²) in [5.41, 5.74) is 1.02. The molecule has 1 aromatic carbocycles. The topological polar surface area (TPSA) is 98.7 Å². The van der Waals surface area contributed by atoms with Gasteiger partial charge in [-0.25, -0.2) is 0 Å². The highest BCUT2D eigenvalue weighted by molar-refractivity contribution is 5.81. The standard InChI is InChI=1S/C20H27N3O4/c24-17-12-15(20(27)21-13-14-5-2-1-3-6-14)11-16(17)22-18(25)8-10-23-9-4-7-19(23)26/h1-3,5-6,15-17,24H,4,7-13H2,(H,21,27)(H,22,25)/t15-,16-,17-/m0/s1. The number of rotatable bonds is 7. The third-order valence-electron chi connectivity index (χ3n) is 5.34. The first-order valence-corrected chi connectivity index (χ1v) is 9.60. The summed E-state index contributed by atoms with van der Waals surface area (Å²) in [5.74, 6) is -0.505. The fourth-order valence-corrected chi connectivity index (χ4v) is 3.77. The van der Waals surface area contributed by atoms with Gasteiger partial charge < -0.3 is 20.6 Å². The zero-order valence-electron chi connectivity index (χ0n) is 15.4. The number of likely N-dealkylation sites (tertiary alicyclic amines) is 1. The maximum absolute atomic E-state index is 12.4. The molecule has 3 rings (SSSR count). The van der Waals surface area contributed by atoms with E-state index in [1.165, 1.54) is 0 Å². The Labute approximate surface area is 159 Å². The summed E-state index contributed by atoms with van der Waals surface area (Å²) in [4.78, 5) is 37.8. The Morgan fingerprint density at radius 1 is 1.19 bits per heavy atom. The highest BCUT2D eigenvalue weighted by Crippen LogP contribution is 2.26. The van der Waals surface area contributed by atoms with E-state index in [-0.39, 0.29) is 30.1 Å². The van der Waals surface area contributed by atoms with Crippen molar-refractivity contribution in [3.05, 3.63) is 35.9 Å². The van der Waals surface area contributed by atoms with Crippen LogP contribution in [0.25, 0.3) is 0 Å². The summed E-state index contributed by atoms with van der Waals surface area (Å²) in [6.45, 7) is 1.57. The highest BCUT2D eigenvalue weighted by Gasteiger charge is 2.37. The van der Waals surface area contributed by atoms with E-state index < -0.39 is 12.1 Å². The zero-order chi connectivity index (χ0) is 19.2. The normalized spacial score (nSPS) is 24.9. The molecule has 0 radical (unpaired) electrons. The van der Waals surface area contributed by atoms with Crippen molar-refractivity contribution in [2.24, 2.45) is 5.92 Å². The van der Waals surface area contributed by atoms with Gasteiger partial charge in [0.25, 0.3) is 0 Å². The van der Waals surface area contributed by atoms with Gasteiger partial charge in [-0.3, -0.25) is 14.4 Å². The molecule has 0 spiro atoms. The Morgan fingerprint density at radius 3 is 2.67 bits per heavy atom. The molecule has 0 unspecified atom stereocenters. The van der Waals surface area contributed by atoms with Gasteiger partial charge in [-0.05, 0) is 24.8 Å². The molecule has 1 aliphatic heterocycles. The van der Waals surface area contributed by atoms with Gasteiger partial charge in [0.15, 0.2) is 0 Å². The lowest BCUT2D eigenvalue weighted by molar-refractivity contribution is -0.129. The number of aliphatic hydroxyl groups is 1. The first-order chi connectivity index (χ1) is 13.0. The molecule has 3 N–H and O–H groups in total. The highest BCUT2D eigenvalue weighted by atomic mass is 16.3. The van der Waals surface area contributed by atoms with Crippen LogP contribution in [0.1, 0.15) is 37.7 Å². The molecule has 3 amide bonds. The maximum Gasteiger partial charge on any atom is 0.223 e. The first-order valence-electron chi connectivity index (χ1n) is 9.60. The molecule has 7 nitrogen and oxygen atoms in total. The molecular formula is C20H27N3O4. The smallest absolute Gasteiger partial charge is 0.223 e. The van der Waals surface area contributed by atoms with Crippen molar-refractivity contribution in [1.29, 1.82) is 0 Å². The molecule has 3 atom stereocenters. The Kier molecular flexibility index (Phi) is 6.45. The van der Waals surface area contributed by atoms with Crippen LogP contribution >= 0.6 is 0 Å². The van der Waals surface area contributed by atoms with E-state index in [0.717, 1.165) is 12.0 Å². The molecular weight excluding hydrogens is 346 g/mol. The predicted octanol–water partition coefficient (Wildman–Crippen LogP) is 0.571. The van der Waals surface area contributed by atoms with Crippen LogP contribution in [-0.2, 0) is 20.9 Å². The molecule has 1 aliphatic carbocycles. The summed E-state index contributed by atoms with van der Waals surface area (Å²) in [6, 6.07) is 9.23. The van der Waals surface area contributed by atoms with Gasteiger partial charge >= 0.3 is 0 Å². The summed E-state index contributed by atoms with van der Waals surface area (Å²) >= 11 is 0. The van der Waals surface area contributed by atoms with Crippen LogP contribution in [0.5, 0.6) is 0 Å². The third-order valence-corrected chi connectivity index (χ3v) is 5.34. The lowest BCUT2D eigenvalue weighted by Crippen LogP contribution is -2.41. The van der Waals surface area contributed by atoms with Gasteiger partial charge in [0.2, 0.25) is 17.7 Å². The first kappa shape index (κ1) is 19.4. The Bertz CT molecular complexity index is 679. The molecule has 1 saturated heterocycles. The van der Waals surface area contributed by atoms with Gasteiger partial charge in [-0.1, -0.05) is 30.3 Å². The number of nitrogens with zero attached hydrogens (tertiary/aromatic N) is 1. The van der Waals surface area contributed by atoms with Crippen LogP contribution in [0.2, 0.25) is 0 Å². The van der Waals surface area contributed by atoms with E-state index in [1.807, 2.05) is 30.3 Å². The van der Waals surface area contributed by atoms with E-state index in [0.29, 0.717) is 38.9 Å². The molecule has 2 aliphatic rings. The van der Waals surface area contributed by atoms with Crippen molar-refractivity contribution in [3.8, 4) is 0 Å². The second-order valence-corrected chi connectivity index (χ2v) is 7.35. The second kappa shape index (κ2) is 8.99. The SMILES string of the molecule is O=C(CCN1CCCC1=O)N[C@H]1C[C@H](C(=O)NCc2ccccc2)C[C@@H]1O. The van der Waals surface area contributed by atoms with E-state index >= 15 is 0 Å². The fourth-order valence-electron chi connectivity index (χ4n) is 3.77. The Morgan fingerprint density at radius 2 is 1.96 bits per heavy atom. The minimum absolute atomic E-state index is 0.0962. The van der Waals surface area contributed by atoms with Crippen molar-refractivity contribution >= 4 is 17.7 Å². The number of hydrogen-bond acceptors (Lipinski definition) is 4. The molecule has 2 fully saturated rings. The molecule has 7 heteroatoms. The van der Waals surface area contributed by atoms with E-state index in [4.69, 9.17) is 0 Å². The summed E-state index contributed by atoms with van der Waals surface area (Å²) in [7, 11) is 0. The molecule has 1 heterocycles. The molecule has 0 bridgehead atoms. The van der Waals surface area contributed by atoms with E-state index in [9.17, 15) is 19.5 Å². The van der Waals surface area contributed by atoms with E-state index in [2.05, 4.69) is 10.6 Å². The van der Waals surface area contributed by atoms with Gasteiger partial charge in [0, 0.05) is 38.4 Å². The van der Waals surface area contributed by atoms with Crippen molar-refractivity contribution in [2.45, 2.75) is 50.8 Å². The van der Waals surface area contributed by atoms with Gasteiger partial charge in [-0.15, -0.1) is 0 Å². The quantitative estimate of drug-likeness (QED) is 0.651. The van der Waals surface area contributed by atoms with Crippen molar-refractivity contribution in [2.75, 3.05) is 13.1 Å². The monoisotopic (exact) mass is 373 g/mol. The molecule has 27 heavy (non-hydrogen) atoms. The summed E-state index contributed by atoms with van der Waals surface area (Å²) in [5, 5.41) is 15.9. The lowest BCUT2D eigenvalue weighted by atomic mass is 10.1.